The maximum absolute atomic E-state index is 13.6. The predicted octanol–water partition coefficient (Wildman–Crippen LogP) is 2.41. The maximum Gasteiger partial charge on any atom is 0.264 e. The minimum Gasteiger partial charge on any atom is -0.497 e. The summed E-state index contributed by atoms with van der Waals surface area (Å²) >= 11 is 0. The molecule has 0 bridgehead atoms. The SMILES string of the molecule is COc1ccc(S(=O)(=O)N2CC(C(=O)NCCOc3ccc(S(=O)(=O)N(C)C)cc3)Oc3cc(C)ccc32)cc1. The fourth-order valence-electron chi connectivity index (χ4n) is 3.98. The van der Waals surface area contributed by atoms with Crippen molar-refractivity contribution >= 4 is 31.6 Å². The molecule has 1 amide bonds. The lowest BCUT2D eigenvalue weighted by Crippen LogP contribution is -2.51. The molecule has 3 aromatic carbocycles. The number of sulfonamides is 2. The normalized spacial score (nSPS) is 15.2. The topological polar surface area (TPSA) is 132 Å². The Kier molecular flexibility index (Phi) is 8.57. The third-order valence-corrected chi connectivity index (χ3v) is 9.82. The van der Waals surface area contributed by atoms with E-state index in [0.717, 1.165) is 9.87 Å². The quantitative estimate of drug-likeness (QED) is 0.357. The van der Waals surface area contributed by atoms with E-state index in [1.165, 1.54) is 61.9 Å². The number of aryl methyl sites for hydroxylation is 1. The lowest BCUT2D eigenvalue weighted by Gasteiger charge is -2.35. The molecular weight excluding hydrogens is 558 g/mol. The number of fused-ring (bicyclic) bond motifs is 1. The number of nitrogens with zero attached hydrogens (tertiary/aromatic N) is 2. The summed E-state index contributed by atoms with van der Waals surface area (Å²) in [4.78, 5) is 13.2. The Labute approximate surface area is 234 Å². The van der Waals surface area contributed by atoms with Crippen LogP contribution in [0.4, 0.5) is 5.69 Å². The Hall–Kier alpha value is -3.81. The molecule has 0 aliphatic carbocycles. The van der Waals surface area contributed by atoms with Crippen molar-refractivity contribution in [3.8, 4) is 17.2 Å². The smallest absolute Gasteiger partial charge is 0.264 e. The molecule has 1 unspecified atom stereocenters. The lowest BCUT2D eigenvalue weighted by atomic mass is 10.1. The molecular formula is C27H31N3O8S2. The van der Waals surface area contributed by atoms with Crippen LogP contribution < -0.4 is 23.8 Å². The highest BCUT2D eigenvalue weighted by Crippen LogP contribution is 2.38. The molecule has 0 saturated heterocycles. The highest BCUT2D eigenvalue weighted by atomic mass is 32.2. The maximum atomic E-state index is 13.6. The van der Waals surface area contributed by atoms with Gasteiger partial charge in [0.15, 0.2) is 6.10 Å². The Morgan fingerprint density at radius 2 is 1.60 bits per heavy atom. The van der Waals surface area contributed by atoms with Gasteiger partial charge in [0.1, 0.15) is 23.9 Å². The van der Waals surface area contributed by atoms with Gasteiger partial charge in [0.05, 0.1) is 35.7 Å². The lowest BCUT2D eigenvalue weighted by molar-refractivity contribution is -0.127. The van der Waals surface area contributed by atoms with Gasteiger partial charge in [-0.2, -0.15) is 0 Å². The van der Waals surface area contributed by atoms with Gasteiger partial charge in [-0.15, -0.1) is 0 Å². The summed E-state index contributed by atoms with van der Waals surface area (Å²) in [5.74, 6) is 0.735. The zero-order valence-electron chi connectivity index (χ0n) is 22.5. The van der Waals surface area contributed by atoms with Crippen molar-refractivity contribution in [1.29, 1.82) is 0 Å². The number of carbonyl (C=O) groups excluding carboxylic acids is 1. The van der Waals surface area contributed by atoms with Gasteiger partial charge >= 0.3 is 0 Å². The van der Waals surface area contributed by atoms with E-state index in [1.54, 1.807) is 30.3 Å². The van der Waals surface area contributed by atoms with E-state index in [9.17, 15) is 21.6 Å². The van der Waals surface area contributed by atoms with Crippen LogP contribution in [0.5, 0.6) is 17.2 Å². The average molecular weight is 590 g/mol. The van der Waals surface area contributed by atoms with Gasteiger partial charge in [-0.25, -0.2) is 21.1 Å². The molecule has 1 N–H and O–H groups in total. The number of rotatable bonds is 10. The Morgan fingerprint density at radius 3 is 2.23 bits per heavy atom. The van der Waals surface area contributed by atoms with Crippen LogP contribution >= 0.6 is 0 Å². The first-order valence-corrected chi connectivity index (χ1v) is 15.2. The van der Waals surface area contributed by atoms with E-state index in [1.807, 2.05) is 6.92 Å². The van der Waals surface area contributed by atoms with Crippen LogP contribution in [0.25, 0.3) is 0 Å². The molecule has 0 fully saturated rings. The second kappa shape index (κ2) is 11.7. The third-order valence-electron chi connectivity index (χ3n) is 6.20. The molecule has 0 aromatic heterocycles. The van der Waals surface area contributed by atoms with Crippen molar-refractivity contribution in [2.24, 2.45) is 0 Å². The van der Waals surface area contributed by atoms with Crippen molar-refractivity contribution in [3.63, 3.8) is 0 Å². The van der Waals surface area contributed by atoms with E-state index < -0.39 is 32.1 Å². The van der Waals surface area contributed by atoms with Crippen LogP contribution in [0, 0.1) is 6.92 Å². The highest BCUT2D eigenvalue weighted by molar-refractivity contribution is 7.92. The van der Waals surface area contributed by atoms with E-state index in [-0.39, 0.29) is 35.2 Å². The number of nitrogens with one attached hydrogen (secondary N) is 1. The minimum atomic E-state index is -4.01. The largest absolute Gasteiger partial charge is 0.497 e. The number of hydrogen-bond acceptors (Lipinski definition) is 8. The Bertz CT molecular complexity index is 1570. The fraction of sp³-hybridized carbons (Fsp3) is 0.296. The number of methoxy groups -OCH3 is 1. The number of anilines is 1. The summed E-state index contributed by atoms with van der Waals surface area (Å²) in [6.45, 7) is 1.83. The molecule has 1 aliphatic heterocycles. The monoisotopic (exact) mass is 589 g/mol. The average Bonchev–Trinajstić information content (AvgIpc) is 2.94. The van der Waals surface area contributed by atoms with Crippen LogP contribution in [0.3, 0.4) is 0 Å². The zero-order valence-corrected chi connectivity index (χ0v) is 24.2. The highest BCUT2D eigenvalue weighted by Gasteiger charge is 2.37. The Balaban J connectivity index is 1.42. The Morgan fingerprint density at radius 1 is 0.975 bits per heavy atom. The molecule has 0 saturated carbocycles. The van der Waals surface area contributed by atoms with E-state index in [0.29, 0.717) is 17.2 Å². The van der Waals surface area contributed by atoms with Gasteiger partial charge in [-0.05, 0) is 73.2 Å². The van der Waals surface area contributed by atoms with Crippen LogP contribution in [0.15, 0.2) is 76.5 Å². The number of benzene rings is 3. The van der Waals surface area contributed by atoms with Gasteiger partial charge in [0.25, 0.3) is 15.9 Å². The molecule has 1 heterocycles. The summed E-state index contributed by atoms with van der Waals surface area (Å²) in [6, 6.07) is 17.1. The van der Waals surface area contributed by atoms with Gasteiger partial charge in [-0.1, -0.05) is 6.07 Å². The summed E-state index contributed by atoms with van der Waals surface area (Å²) in [5, 5.41) is 2.72. The van der Waals surface area contributed by atoms with Crippen LogP contribution in [-0.2, 0) is 24.8 Å². The van der Waals surface area contributed by atoms with E-state index >= 15 is 0 Å². The van der Waals surface area contributed by atoms with Gasteiger partial charge in [0, 0.05) is 14.1 Å². The standard InChI is InChI=1S/C27H31N3O8S2/c1-19-5-14-24-25(17-19)38-26(18-30(24)40(34,35)23-10-6-20(36-4)7-11-23)27(31)28-15-16-37-21-8-12-22(13-9-21)39(32,33)29(2)3/h5-14,17,26H,15-16,18H2,1-4H3,(H,28,31). The summed E-state index contributed by atoms with van der Waals surface area (Å²) in [7, 11) is -3.17. The van der Waals surface area contributed by atoms with Gasteiger partial charge < -0.3 is 19.5 Å². The van der Waals surface area contributed by atoms with Crippen molar-refractivity contribution in [2.45, 2.75) is 22.8 Å². The first-order chi connectivity index (χ1) is 18.9. The van der Waals surface area contributed by atoms with Crippen molar-refractivity contribution in [1.82, 2.24) is 9.62 Å². The zero-order chi connectivity index (χ0) is 29.1. The molecule has 11 nitrogen and oxygen atoms in total. The molecule has 1 aliphatic rings. The van der Waals surface area contributed by atoms with Crippen molar-refractivity contribution in [3.05, 3.63) is 72.3 Å². The van der Waals surface area contributed by atoms with Gasteiger partial charge in [0.2, 0.25) is 10.0 Å². The van der Waals surface area contributed by atoms with Crippen molar-refractivity contribution in [2.75, 3.05) is 45.2 Å². The van der Waals surface area contributed by atoms with Crippen LogP contribution in [-0.4, -0.2) is 74.1 Å². The number of ether oxygens (including phenoxy) is 3. The van der Waals surface area contributed by atoms with Crippen LogP contribution in [0.1, 0.15) is 5.56 Å². The molecule has 1 atom stereocenters. The third kappa shape index (κ3) is 6.16. The molecule has 3 aromatic rings. The van der Waals surface area contributed by atoms with Gasteiger partial charge in [-0.3, -0.25) is 9.10 Å². The number of amides is 1. The van der Waals surface area contributed by atoms with Crippen LogP contribution in [0.2, 0.25) is 0 Å². The van der Waals surface area contributed by atoms with E-state index in [2.05, 4.69) is 5.32 Å². The molecule has 0 radical (unpaired) electrons. The van der Waals surface area contributed by atoms with E-state index in [4.69, 9.17) is 14.2 Å². The summed E-state index contributed by atoms with van der Waals surface area (Å²) in [6.07, 6.45) is -1.10. The molecule has 4 rings (SSSR count). The second-order valence-electron chi connectivity index (χ2n) is 9.19. The van der Waals surface area contributed by atoms with Crippen molar-refractivity contribution < 1.29 is 35.8 Å². The summed E-state index contributed by atoms with van der Waals surface area (Å²) in [5.41, 5.74) is 1.19. The first kappa shape index (κ1) is 29.2. The number of carbonyl (C=O) groups is 1. The second-order valence-corrected chi connectivity index (χ2v) is 13.2. The summed E-state index contributed by atoms with van der Waals surface area (Å²) < 4.78 is 70.5. The fourth-order valence-corrected chi connectivity index (χ4v) is 6.35. The predicted molar refractivity (Wildman–Crippen MR) is 149 cm³/mol. The molecule has 40 heavy (non-hydrogen) atoms. The molecule has 214 valence electrons. The molecule has 13 heteroatoms. The molecule has 0 spiro atoms. The first-order valence-electron chi connectivity index (χ1n) is 12.3. The minimum absolute atomic E-state index is 0.0543. The number of hydrogen-bond donors (Lipinski definition) is 1.